The molecular formula is C35H38F3N5O2. The molecule has 1 N–H and O–H groups in total. The number of ether oxygens (including phenoxy) is 2. The Morgan fingerprint density at radius 3 is 2.11 bits per heavy atom. The van der Waals surface area contributed by atoms with Crippen molar-refractivity contribution in [2.75, 3.05) is 45.3 Å². The number of alkyl halides is 3. The molecule has 0 spiro atoms. The van der Waals surface area contributed by atoms with Gasteiger partial charge >= 0.3 is 6.18 Å². The molecule has 1 fully saturated rings. The summed E-state index contributed by atoms with van der Waals surface area (Å²) in [6, 6.07) is 15.1. The number of nitrogens with one attached hydrogen (secondary N) is 1. The highest BCUT2D eigenvalue weighted by Gasteiger charge is 2.41. The molecule has 0 amide bonds. The van der Waals surface area contributed by atoms with Crippen LogP contribution in [-0.4, -0.2) is 55.4 Å². The summed E-state index contributed by atoms with van der Waals surface area (Å²) in [4.78, 5) is 16.4. The molecule has 2 aliphatic rings. The molecule has 6 rings (SSSR count). The van der Waals surface area contributed by atoms with Crippen molar-refractivity contribution in [3.63, 3.8) is 0 Å². The third kappa shape index (κ3) is 6.61. The van der Waals surface area contributed by atoms with Crippen molar-refractivity contribution in [2.24, 2.45) is 0 Å². The third-order valence-electron chi connectivity index (χ3n) is 9.04. The summed E-state index contributed by atoms with van der Waals surface area (Å²) >= 11 is 0. The van der Waals surface area contributed by atoms with Gasteiger partial charge in [0.05, 0.1) is 25.5 Å². The van der Waals surface area contributed by atoms with Crippen molar-refractivity contribution in [1.29, 1.82) is 0 Å². The minimum Gasteiger partial charge on any atom is -0.497 e. The Kier molecular flexibility index (Phi) is 8.94. The number of anilines is 1. The van der Waals surface area contributed by atoms with Crippen LogP contribution in [0.5, 0.6) is 11.5 Å². The van der Waals surface area contributed by atoms with Gasteiger partial charge in [0.25, 0.3) is 0 Å². The van der Waals surface area contributed by atoms with Crippen LogP contribution in [0.3, 0.4) is 0 Å². The molecule has 1 aliphatic heterocycles. The van der Waals surface area contributed by atoms with Crippen LogP contribution in [0, 0.1) is 6.92 Å². The molecule has 0 radical (unpaired) electrons. The predicted octanol–water partition coefficient (Wildman–Crippen LogP) is 6.08. The topological polar surface area (TPSA) is 72.4 Å². The summed E-state index contributed by atoms with van der Waals surface area (Å²) in [6.07, 6.45) is -0.722. The van der Waals surface area contributed by atoms with Gasteiger partial charge in [0.15, 0.2) is 0 Å². The van der Waals surface area contributed by atoms with Gasteiger partial charge in [-0.05, 0) is 79.1 Å². The van der Waals surface area contributed by atoms with E-state index in [-0.39, 0.29) is 11.3 Å². The third-order valence-corrected chi connectivity index (χ3v) is 9.04. The van der Waals surface area contributed by atoms with E-state index in [0.29, 0.717) is 49.1 Å². The van der Waals surface area contributed by atoms with Gasteiger partial charge in [0.2, 0.25) is 0 Å². The highest BCUT2D eigenvalue weighted by molar-refractivity contribution is 5.52. The maximum atomic E-state index is 15.0. The lowest BCUT2D eigenvalue weighted by molar-refractivity contribution is -0.139. The van der Waals surface area contributed by atoms with E-state index < -0.39 is 17.7 Å². The highest BCUT2D eigenvalue weighted by atomic mass is 19.4. The second kappa shape index (κ2) is 13.0. The number of hydrogen-bond acceptors (Lipinski definition) is 7. The molecule has 10 heteroatoms. The molecule has 2 aromatic heterocycles. The average Bonchev–Trinajstić information content (AvgIpc) is 3.06. The number of benzene rings is 2. The average molecular weight is 618 g/mol. The molecule has 236 valence electrons. The number of aromatic nitrogens is 3. The van der Waals surface area contributed by atoms with Crippen LogP contribution < -0.4 is 19.7 Å². The first kappa shape index (κ1) is 30.8. The molecule has 2 aromatic carbocycles. The van der Waals surface area contributed by atoms with E-state index in [0.717, 1.165) is 60.1 Å². The fourth-order valence-corrected chi connectivity index (χ4v) is 6.65. The monoisotopic (exact) mass is 617 g/mol. The molecule has 0 bridgehead atoms. The maximum Gasteiger partial charge on any atom is 0.418 e. The molecule has 1 unspecified atom stereocenters. The number of halogens is 3. The van der Waals surface area contributed by atoms with Crippen LogP contribution >= 0.6 is 0 Å². The van der Waals surface area contributed by atoms with Gasteiger partial charge < -0.3 is 19.7 Å². The van der Waals surface area contributed by atoms with E-state index in [2.05, 4.69) is 20.2 Å². The minimum absolute atomic E-state index is 0.120. The van der Waals surface area contributed by atoms with Crippen molar-refractivity contribution in [3.8, 4) is 11.5 Å². The lowest BCUT2D eigenvalue weighted by atomic mass is 9.81. The molecule has 3 heterocycles. The van der Waals surface area contributed by atoms with E-state index in [1.165, 1.54) is 0 Å². The Labute approximate surface area is 261 Å². The second-order valence-electron chi connectivity index (χ2n) is 11.8. The lowest BCUT2D eigenvalue weighted by Gasteiger charge is -2.33. The smallest absolute Gasteiger partial charge is 0.418 e. The van der Waals surface area contributed by atoms with E-state index in [1.54, 1.807) is 27.5 Å². The minimum atomic E-state index is -4.56. The van der Waals surface area contributed by atoms with Crippen molar-refractivity contribution in [1.82, 2.24) is 20.3 Å². The fourth-order valence-electron chi connectivity index (χ4n) is 6.65. The van der Waals surface area contributed by atoms with E-state index in [1.807, 2.05) is 48.5 Å². The molecule has 1 atom stereocenters. The zero-order valence-electron chi connectivity index (χ0n) is 25.9. The van der Waals surface area contributed by atoms with E-state index in [4.69, 9.17) is 14.5 Å². The van der Waals surface area contributed by atoms with E-state index >= 15 is 13.2 Å². The van der Waals surface area contributed by atoms with Crippen molar-refractivity contribution >= 4 is 5.82 Å². The number of methoxy groups -OCH3 is 2. The van der Waals surface area contributed by atoms with Gasteiger partial charge in [0.1, 0.15) is 23.6 Å². The van der Waals surface area contributed by atoms with Crippen LogP contribution in [0.15, 0.2) is 54.9 Å². The molecule has 4 aromatic rings. The van der Waals surface area contributed by atoms with Gasteiger partial charge in [-0.3, -0.25) is 4.98 Å². The number of fused-ring (bicyclic) bond motifs is 1. The summed E-state index contributed by atoms with van der Waals surface area (Å²) in [5.41, 5.74) is 4.72. The van der Waals surface area contributed by atoms with Crippen LogP contribution in [0.25, 0.3) is 0 Å². The fraction of sp³-hybridized carbons (Fsp3) is 0.400. The standard InChI is InChI=1S/C35H38F3N5O2/c1-22-29(18-23-4-9-26(44-2)10-5-23)31(19-24-6-11-27(45-3)12-7-24)42-33(32(22)35(36,37)38)25-8-13-28-30(20-25)40-21-41-34(28)43-16-14-39-15-17-43/h4-7,9-12,21,25,39H,8,13-20H2,1-3H3. The van der Waals surface area contributed by atoms with Gasteiger partial charge in [-0.25, -0.2) is 9.97 Å². The van der Waals surface area contributed by atoms with Crippen LogP contribution in [0.1, 0.15) is 62.8 Å². The zero-order chi connectivity index (χ0) is 31.6. The Hall–Kier alpha value is -4.18. The number of piperazine rings is 1. The lowest BCUT2D eigenvalue weighted by Crippen LogP contribution is -2.44. The Morgan fingerprint density at radius 2 is 1.51 bits per heavy atom. The summed E-state index contributed by atoms with van der Waals surface area (Å²) < 4.78 is 55.7. The summed E-state index contributed by atoms with van der Waals surface area (Å²) in [7, 11) is 3.20. The first-order valence-corrected chi connectivity index (χ1v) is 15.4. The highest BCUT2D eigenvalue weighted by Crippen LogP contribution is 2.43. The molecule has 1 saturated heterocycles. The largest absolute Gasteiger partial charge is 0.497 e. The van der Waals surface area contributed by atoms with Gasteiger partial charge in [0, 0.05) is 55.5 Å². The zero-order valence-corrected chi connectivity index (χ0v) is 25.9. The Balaban J connectivity index is 1.42. The predicted molar refractivity (Wildman–Crippen MR) is 167 cm³/mol. The summed E-state index contributed by atoms with van der Waals surface area (Å²) in [5, 5.41) is 3.36. The normalized spacial score (nSPS) is 16.8. The Morgan fingerprint density at radius 1 is 0.889 bits per heavy atom. The van der Waals surface area contributed by atoms with Crippen LogP contribution in [0.2, 0.25) is 0 Å². The van der Waals surface area contributed by atoms with Crippen LogP contribution in [0.4, 0.5) is 19.0 Å². The quantitative estimate of drug-likeness (QED) is 0.257. The molecule has 7 nitrogen and oxygen atoms in total. The van der Waals surface area contributed by atoms with Crippen molar-refractivity contribution < 1.29 is 22.6 Å². The van der Waals surface area contributed by atoms with Gasteiger partial charge in [-0.15, -0.1) is 0 Å². The van der Waals surface area contributed by atoms with E-state index in [9.17, 15) is 0 Å². The Bertz CT molecular complexity index is 1640. The SMILES string of the molecule is COc1ccc(Cc2nc(C3CCc4c(ncnc4N4CCNCC4)C3)c(C(F)(F)F)c(C)c2Cc2ccc(OC)cc2)cc1. The second-order valence-corrected chi connectivity index (χ2v) is 11.8. The van der Waals surface area contributed by atoms with Gasteiger partial charge in [-0.1, -0.05) is 24.3 Å². The summed E-state index contributed by atoms with van der Waals surface area (Å²) in [5.74, 6) is 1.91. The molecule has 0 saturated carbocycles. The van der Waals surface area contributed by atoms with Crippen molar-refractivity contribution in [2.45, 2.75) is 51.1 Å². The molecular weight excluding hydrogens is 579 g/mol. The first-order valence-electron chi connectivity index (χ1n) is 15.4. The molecule has 45 heavy (non-hydrogen) atoms. The van der Waals surface area contributed by atoms with Crippen LogP contribution in [-0.2, 0) is 31.9 Å². The van der Waals surface area contributed by atoms with Crippen molar-refractivity contribution in [3.05, 3.63) is 105 Å². The molecule has 1 aliphatic carbocycles. The maximum absolute atomic E-state index is 15.0. The van der Waals surface area contributed by atoms with Gasteiger partial charge in [-0.2, -0.15) is 13.2 Å². The summed E-state index contributed by atoms with van der Waals surface area (Å²) in [6.45, 7) is 5.04. The number of hydrogen-bond donors (Lipinski definition) is 1. The number of nitrogens with zero attached hydrogens (tertiary/aromatic N) is 4. The number of pyridine rings is 1. The number of rotatable bonds is 8. The first-order chi connectivity index (χ1) is 21.7.